The Morgan fingerprint density at radius 1 is 1.25 bits per heavy atom. The molecule has 1 aromatic carbocycles. The molecule has 0 fully saturated rings. The Morgan fingerprint density at radius 3 is 2.70 bits per heavy atom. The first-order chi connectivity index (χ1) is 9.54. The zero-order valence-electron chi connectivity index (χ0n) is 11.8. The summed E-state index contributed by atoms with van der Waals surface area (Å²) >= 11 is 6.23. The van der Waals surface area contributed by atoms with Gasteiger partial charge < -0.3 is 10.5 Å². The second-order valence-corrected chi connectivity index (χ2v) is 5.51. The van der Waals surface area contributed by atoms with E-state index in [9.17, 15) is 0 Å². The average Bonchev–Trinajstić information content (AvgIpc) is 2.37. The minimum atomic E-state index is 0.121. The summed E-state index contributed by atoms with van der Waals surface area (Å²) in [5.74, 6) is 0.682. The fourth-order valence-corrected chi connectivity index (χ4v) is 2.28. The highest BCUT2D eigenvalue weighted by molar-refractivity contribution is 6.32. The Balaban J connectivity index is 2.03. The number of nitrogens with two attached hydrogens (primary N) is 1. The summed E-state index contributed by atoms with van der Waals surface area (Å²) in [4.78, 5) is 4.14. The standard InChI is InChI=1S/C16H19ClN2O/c1-11-5-14(9-19-8-11)10-20-16-4-3-13(6-12(2)18)7-15(16)17/h3-5,7-9,12H,6,10,18H2,1-2H3. The van der Waals surface area contributed by atoms with Gasteiger partial charge in [-0.05, 0) is 49.6 Å². The number of hydrogen-bond acceptors (Lipinski definition) is 3. The molecule has 2 N–H and O–H groups in total. The lowest BCUT2D eigenvalue weighted by Crippen LogP contribution is -2.17. The molecule has 3 nitrogen and oxygen atoms in total. The monoisotopic (exact) mass is 290 g/mol. The molecule has 4 heteroatoms. The third kappa shape index (κ3) is 4.22. The number of pyridine rings is 1. The molecule has 0 amide bonds. The van der Waals surface area contributed by atoms with Crippen molar-refractivity contribution in [2.45, 2.75) is 32.9 Å². The fourth-order valence-electron chi connectivity index (χ4n) is 2.02. The molecule has 0 spiro atoms. The SMILES string of the molecule is Cc1cncc(COc2ccc(CC(C)N)cc2Cl)c1. The lowest BCUT2D eigenvalue weighted by atomic mass is 10.1. The molecule has 0 saturated carbocycles. The van der Waals surface area contributed by atoms with Gasteiger partial charge in [-0.15, -0.1) is 0 Å². The van der Waals surface area contributed by atoms with E-state index in [0.717, 1.165) is 23.1 Å². The minimum absolute atomic E-state index is 0.121. The highest BCUT2D eigenvalue weighted by Gasteiger charge is 2.05. The van der Waals surface area contributed by atoms with Crippen molar-refractivity contribution in [2.75, 3.05) is 0 Å². The van der Waals surface area contributed by atoms with Crippen molar-refractivity contribution in [3.8, 4) is 5.75 Å². The Labute approximate surface area is 124 Å². The van der Waals surface area contributed by atoms with Crippen LogP contribution in [0.5, 0.6) is 5.75 Å². The molecular weight excluding hydrogens is 272 g/mol. The molecule has 1 heterocycles. The maximum absolute atomic E-state index is 6.23. The zero-order valence-corrected chi connectivity index (χ0v) is 12.5. The first kappa shape index (κ1) is 14.8. The Morgan fingerprint density at radius 2 is 2.05 bits per heavy atom. The largest absolute Gasteiger partial charge is 0.487 e. The van der Waals surface area contributed by atoms with Gasteiger partial charge in [0, 0.05) is 24.0 Å². The summed E-state index contributed by atoms with van der Waals surface area (Å²) in [5.41, 5.74) is 9.04. The molecule has 0 radical (unpaired) electrons. The summed E-state index contributed by atoms with van der Waals surface area (Å²) in [7, 11) is 0. The van der Waals surface area contributed by atoms with Gasteiger partial charge in [-0.3, -0.25) is 4.98 Å². The Kier molecular flexibility index (Phi) is 4.99. The van der Waals surface area contributed by atoms with Gasteiger partial charge in [0.25, 0.3) is 0 Å². The maximum Gasteiger partial charge on any atom is 0.138 e. The van der Waals surface area contributed by atoms with E-state index >= 15 is 0 Å². The molecule has 20 heavy (non-hydrogen) atoms. The number of nitrogens with zero attached hydrogens (tertiary/aromatic N) is 1. The van der Waals surface area contributed by atoms with Crippen LogP contribution < -0.4 is 10.5 Å². The van der Waals surface area contributed by atoms with E-state index in [1.54, 1.807) is 6.20 Å². The lowest BCUT2D eigenvalue weighted by molar-refractivity contribution is 0.306. The van der Waals surface area contributed by atoms with E-state index < -0.39 is 0 Å². The number of hydrogen-bond donors (Lipinski definition) is 1. The van der Waals surface area contributed by atoms with Gasteiger partial charge in [0.2, 0.25) is 0 Å². The van der Waals surface area contributed by atoms with Crippen LogP contribution in [-0.2, 0) is 13.0 Å². The molecule has 0 aliphatic carbocycles. The molecule has 106 valence electrons. The van der Waals surface area contributed by atoms with Crippen molar-refractivity contribution >= 4 is 11.6 Å². The Bertz CT molecular complexity index is 584. The first-order valence-electron chi connectivity index (χ1n) is 6.62. The number of aryl methyl sites for hydroxylation is 1. The van der Waals surface area contributed by atoms with E-state index in [1.165, 1.54) is 0 Å². The van der Waals surface area contributed by atoms with Crippen LogP contribution in [0.3, 0.4) is 0 Å². The molecule has 0 aliphatic rings. The van der Waals surface area contributed by atoms with Gasteiger partial charge in [-0.25, -0.2) is 0 Å². The predicted molar refractivity (Wildman–Crippen MR) is 82.1 cm³/mol. The molecule has 0 bridgehead atoms. The van der Waals surface area contributed by atoms with Gasteiger partial charge in [0.1, 0.15) is 12.4 Å². The van der Waals surface area contributed by atoms with E-state index in [4.69, 9.17) is 22.1 Å². The minimum Gasteiger partial charge on any atom is -0.487 e. The second kappa shape index (κ2) is 6.73. The number of halogens is 1. The first-order valence-corrected chi connectivity index (χ1v) is 6.99. The van der Waals surface area contributed by atoms with Crippen molar-refractivity contribution < 1.29 is 4.74 Å². The molecule has 1 atom stereocenters. The maximum atomic E-state index is 6.23. The molecule has 2 rings (SSSR count). The zero-order chi connectivity index (χ0) is 14.5. The fraction of sp³-hybridized carbons (Fsp3) is 0.312. The average molecular weight is 291 g/mol. The van der Waals surface area contributed by atoms with Crippen molar-refractivity contribution in [1.82, 2.24) is 4.98 Å². The molecule has 1 unspecified atom stereocenters. The van der Waals surface area contributed by atoms with Gasteiger partial charge in [-0.2, -0.15) is 0 Å². The molecule has 0 aliphatic heterocycles. The molecule has 2 aromatic rings. The van der Waals surface area contributed by atoms with Gasteiger partial charge in [0.15, 0.2) is 0 Å². The lowest BCUT2D eigenvalue weighted by Gasteiger charge is -2.11. The van der Waals surface area contributed by atoms with Crippen LogP contribution in [0.1, 0.15) is 23.6 Å². The van der Waals surface area contributed by atoms with Gasteiger partial charge in [-0.1, -0.05) is 17.7 Å². The number of aromatic nitrogens is 1. The summed E-state index contributed by atoms with van der Waals surface area (Å²) in [6.07, 6.45) is 4.42. The van der Waals surface area contributed by atoms with Crippen molar-refractivity contribution in [2.24, 2.45) is 5.73 Å². The van der Waals surface area contributed by atoms with Crippen molar-refractivity contribution in [3.63, 3.8) is 0 Å². The highest BCUT2D eigenvalue weighted by Crippen LogP contribution is 2.26. The number of benzene rings is 1. The predicted octanol–water partition coefficient (Wildman–Crippen LogP) is 3.51. The van der Waals surface area contributed by atoms with Crippen molar-refractivity contribution in [1.29, 1.82) is 0 Å². The smallest absolute Gasteiger partial charge is 0.138 e. The summed E-state index contributed by atoms with van der Waals surface area (Å²) in [6.45, 7) is 4.44. The summed E-state index contributed by atoms with van der Waals surface area (Å²) in [5, 5.41) is 0.615. The van der Waals surface area contributed by atoms with E-state index in [0.29, 0.717) is 17.4 Å². The van der Waals surface area contributed by atoms with Crippen LogP contribution in [0.25, 0.3) is 0 Å². The van der Waals surface area contributed by atoms with Crippen LogP contribution in [0.15, 0.2) is 36.7 Å². The molecule has 0 saturated heterocycles. The van der Waals surface area contributed by atoms with Gasteiger partial charge >= 0.3 is 0 Å². The summed E-state index contributed by atoms with van der Waals surface area (Å²) < 4.78 is 5.73. The van der Waals surface area contributed by atoms with Crippen LogP contribution in [0.4, 0.5) is 0 Å². The topological polar surface area (TPSA) is 48.1 Å². The normalized spacial score (nSPS) is 12.2. The van der Waals surface area contributed by atoms with Gasteiger partial charge in [0.05, 0.1) is 5.02 Å². The quantitative estimate of drug-likeness (QED) is 0.916. The van der Waals surface area contributed by atoms with Crippen LogP contribution in [0, 0.1) is 6.92 Å². The van der Waals surface area contributed by atoms with Crippen LogP contribution >= 0.6 is 11.6 Å². The third-order valence-electron chi connectivity index (χ3n) is 2.88. The van der Waals surface area contributed by atoms with E-state index in [-0.39, 0.29) is 6.04 Å². The third-order valence-corrected chi connectivity index (χ3v) is 3.18. The Hall–Kier alpha value is -1.58. The molecule has 1 aromatic heterocycles. The summed E-state index contributed by atoms with van der Waals surface area (Å²) in [6, 6.07) is 7.97. The number of ether oxygens (including phenoxy) is 1. The highest BCUT2D eigenvalue weighted by atomic mass is 35.5. The van der Waals surface area contributed by atoms with Crippen LogP contribution in [0.2, 0.25) is 5.02 Å². The van der Waals surface area contributed by atoms with Crippen LogP contribution in [-0.4, -0.2) is 11.0 Å². The van der Waals surface area contributed by atoms with E-state index in [2.05, 4.69) is 4.98 Å². The molecular formula is C16H19ClN2O. The van der Waals surface area contributed by atoms with Crippen molar-refractivity contribution in [3.05, 3.63) is 58.4 Å². The number of rotatable bonds is 5. The second-order valence-electron chi connectivity index (χ2n) is 5.11. The van der Waals surface area contributed by atoms with E-state index in [1.807, 2.05) is 44.3 Å².